The first-order valence-corrected chi connectivity index (χ1v) is 19.7. The molecule has 7 amide bonds. The summed E-state index contributed by atoms with van der Waals surface area (Å²) < 4.78 is 0. The normalized spacial score (nSPS) is 14.0. The quantitative estimate of drug-likeness (QED) is 0.0261. The minimum atomic E-state index is -1.47. The topological polar surface area (TPSA) is 348 Å². The Balaban J connectivity index is 2.37. The first-order valence-electron chi connectivity index (χ1n) is 19.7. The van der Waals surface area contributed by atoms with Gasteiger partial charge in [-0.2, -0.15) is 0 Å². The Labute approximate surface area is 345 Å². The fourth-order valence-electron chi connectivity index (χ4n) is 6.03. The van der Waals surface area contributed by atoms with E-state index in [-0.39, 0.29) is 56.9 Å². The third-order valence-electron chi connectivity index (χ3n) is 9.12. The van der Waals surface area contributed by atoms with E-state index in [1.807, 2.05) is 13.8 Å². The largest absolute Gasteiger partial charge is 0.370 e. The molecule has 2 aromatic rings. The van der Waals surface area contributed by atoms with Crippen molar-refractivity contribution < 1.29 is 33.6 Å². The minimum Gasteiger partial charge on any atom is -0.370 e. The van der Waals surface area contributed by atoms with Crippen molar-refractivity contribution in [2.45, 2.75) is 108 Å². The van der Waals surface area contributed by atoms with Crippen molar-refractivity contribution in [1.82, 2.24) is 26.6 Å². The van der Waals surface area contributed by atoms with E-state index in [1.165, 1.54) is 0 Å². The average molecular weight is 823 g/mol. The summed E-state index contributed by atoms with van der Waals surface area (Å²) in [5.74, 6) is -5.74. The number of guanidine groups is 1. The number of unbranched alkanes of at least 4 members (excludes halogenated alkanes) is 1. The van der Waals surface area contributed by atoms with Gasteiger partial charge in [-0.15, -0.1) is 0 Å². The van der Waals surface area contributed by atoms with Crippen molar-refractivity contribution in [3.8, 4) is 0 Å². The van der Waals surface area contributed by atoms with Gasteiger partial charge in [-0.1, -0.05) is 80.9 Å². The standard InChI is InChI=1S/C40H62N12O7/c1-24(2)20-30(37(57)48-28(17-11-19-47-40(45)46)36(56)49-29(34(44)54)21-25-12-5-3-6-13-25)51-38(58)31(22-26-14-7-4-8-15-26)52-39(59)32(23-33(43)53)50-35(55)27(42)16-9-10-18-41/h3-8,12-15,24,27-32H,9-11,16-23,41-42H2,1-2H3,(H2,43,53)(H2,44,54)(H,48,57)(H,49,56)(H,50,55)(H,51,58)(H,52,59)(H4,45,46,47)/t27-,28-,29-,30-,31-,32-/m0/s1. The van der Waals surface area contributed by atoms with Crippen LogP contribution in [-0.2, 0) is 46.4 Å². The molecule has 19 nitrogen and oxygen atoms in total. The number of hydrogen-bond acceptors (Lipinski definition) is 10. The molecule has 0 fully saturated rings. The zero-order valence-corrected chi connectivity index (χ0v) is 33.9. The molecule has 0 aliphatic heterocycles. The van der Waals surface area contributed by atoms with E-state index in [2.05, 4.69) is 31.6 Å². The summed E-state index contributed by atoms with van der Waals surface area (Å²) in [7, 11) is 0. The van der Waals surface area contributed by atoms with Gasteiger partial charge in [-0.3, -0.25) is 38.6 Å². The van der Waals surface area contributed by atoms with Crippen LogP contribution in [0.1, 0.15) is 69.9 Å². The molecule has 0 aromatic heterocycles. The maximum absolute atomic E-state index is 14.1. The number of nitrogens with one attached hydrogen (secondary N) is 5. The van der Waals surface area contributed by atoms with Crippen molar-refractivity contribution in [3.63, 3.8) is 0 Å². The smallest absolute Gasteiger partial charge is 0.243 e. The molecule has 6 atom stereocenters. The zero-order chi connectivity index (χ0) is 43.9. The molecule has 0 heterocycles. The first-order chi connectivity index (χ1) is 28.0. The van der Waals surface area contributed by atoms with E-state index in [0.29, 0.717) is 24.9 Å². The second-order valence-corrected chi connectivity index (χ2v) is 14.7. The summed E-state index contributed by atoms with van der Waals surface area (Å²) >= 11 is 0. The lowest BCUT2D eigenvalue weighted by Gasteiger charge is -2.28. The molecule has 0 bridgehead atoms. The van der Waals surface area contributed by atoms with Gasteiger partial charge in [0.15, 0.2) is 5.96 Å². The van der Waals surface area contributed by atoms with E-state index < -0.39 is 84.0 Å². The number of rotatable bonds is 27. The molecule has 0 aliphatic rings. The molecule has 324 valence electrons. The van der Waals surface area contributed by atoms with Crippen molar-refractivity contribution >= 4 is 47.3 Å². The van der Waals surface area contributed by atoms with E-state index in [0.717, 1.165) is 5.56 Å². The minimum absolute atomic E-state index is 0.0455. The van der Waals surface area contributed by atoms with Crippen molar-refractivity contribution in [3.05, 3.63) is 71.8 Å². The number of nitrogens with two attached hydrogens (primary N) is 6. The Morgan fingerprint density at radius 3 is 1.58 bits per heavy atom. The second kappa shape index (κ2) is 26.0. The van der Waals surface area contributed by atoms with Crippen LogP contribution in [-0.4, -0.2) is 96.7 Å². The number of carbonyl (C=O) groups excluding carboxylic acids is 7. The number of carbonyl (C=O) groups is 7. The van der Waals surface area contributed by atoms with Crippen LogP contribution in [0.25, 0.3) is 0 Å². The zero-order valence-electron chi connectivity index (χ0n) is 33.9. The van der Waals surface area contributed by atoms with Crippen molar-refractivity contribution in [2.24, 2.45) is 45.3 Å². The maximum Gasteiger partial charge on any atom is 0.243 e. The van der Waals surface area contributed by atoms with Gasteiger partial charge >= 0.3 is 0 Å². The highest BCUT2D eigenvalue weighted by Crippen LogP contribution is 2.11. The van der Waals surface area contributed by atoms with Crippen LogP contribution in [0.2, 0.25) is 0 Å². The molecule has 17 N–H and O–H groups in total. The van der Waals surface area contributed by atoms with Crippen LogP contribution in [0.5, 0.6) is 0 Å². The van der Waals surface area contributed by atoms with Gasteiger partial charge in [0.25, 0.3) is 0 Å². The predicted octanol–water partition coefficient (Wildman–Crippen LogP) is -2.19. The Kier molecular flexibility index (Phi) is 21.6. The maximum atomic E-state index is 14.1. The van der Waals surface area contributed by atoms with Crippen molar-refractivity contribution in [1.29, 1.82) is 0 Å². The number of primary amides is 2. The summed E-state index contributed by atoms with van der Waals surface area (Å²) in [4.78, 5) is 96.8. The van der Waals surface area contributed by atoms with Gasteiger partial charge in [0.2, 0.25) is 41.4 Å². The molecular formula is C40H62N12O7. The lowest BCUT2D eigenvalue weighted by molar-refractivity contribution is -0.135. The summed E-state index contributed by atoms with van der Waals surface area (Å²) in [6.45, 7) is 4.20. The average Bonchev–Trinajstić information content (AvgIpc) is 3.18. The number of benzene rings is 2. The second-order valence-electron chi connectivity index (χ2n) is 14.7. The fraction of sp³-hybridized carbons (Fsp3) is 0.500. The van der Waals surface area contributed by atoms with Gasteiger partial charge in [0.1, 0.15) is 30.2 Å². The molecule has 2 aromatic carbocycles. The predicted molar refractivity (Wildman–Crippen MR) is 223 cm³/mol. The molecule has 59 heavy (non-hydrogen) atoms. The Morgan fingerprint density at radius 1 is 0.576 bits per heavy atom. The molecule has 2 rings (SSSR count). The van der Waals surface area contributed by atoms with E-state index >= 15 is 0 Å². The number of nitrogens with zero attached hydrogens (tertiary/aromatic N) is 1. The Morgan fingerprint density at radius 2 is 1.05 bits per heavy atom. The van der Waals surface area contributed by atoms with Gasteiger partial charge in [-0.25, -0.2) is 0 Å². The molecule has 0 saturated carbocycles. The van der Waals surface area contributed by atoms with E-state index in [1.54, 1.807) is 60.7 Å². The van der Waals surface area contributed by atoms with Gasteiger partial charge in [0.05, 0.1) is 12.5 Å². The number of hydrogen-bond donors (Lipinski definition) is 11. The third-order valence-corrected chi connectivity index (χ3v) is 9.12. The summed E-state index contributed by atoms with van der Waals surface area (Å²) in [5.41, 5.74) is 34.9. The molecule has 0 unspecified atom stereocenters. The summed E-state index contributed by atoms with van der Waals surface area (Å²) in [5, 5.41) is 13.2. The monoisotopic (exact) mass is 822 g/mol. The Bertz CT molecular complexity index is 1710. The highest BCUT2D eigenvalue weighted by molar-refractivity contribution is 5.97. The molecular weight excluding hydrogens is 761 g/mol. The van der Waals surface area contributed by atoms with E-state index in [4.69, 9.17) is 34.4 Å². The van der Waals surface area contributed by atoms with Gasteiger partial charge in [0, 0.05) is 19.4 Å². The van der Waals surface area contributed by atoms with Gasteiger partial charge < -0.3 is 61.0 Å². The van der Waals surface area contributed by atoms with Crippen LogP contribution < -0.4 is 61.0 Å². The summed E-state index contributed by atoms with van der Waals surface area (Å²) in [6, 6.07) is 10.3. The molecule has 19 heteroatoms. The number of amides is 7. The molecule has 0 saturated heterocycles. The summed E-state index contributed by atoms with van der Waals surface area (Å²) in [6.07, 6.45) is 1.37. The lowest BCUT2D eigenvalue weighted by atomic mass is 9.99. The molecule has 0 spiro atoms. The van der Waals surface area contributed by atoms with Crippen molar-refractivity contribution in [2.75, 3.05) is 13.1 Å². The van der Waals surface area contributed by atoms with Crippen LogP contribution in [0.4, 0.5) is 0 Å². The lowest BCUT2D eigenvalue weighted by Crippen LogP contribution is -2.60. The highest BCUT2D eigenvalue weighted by atomic mass is 16.2. The van der Waals surface area contributed by atoms with Crippen LogP contribution in [0, 0.1) is 5.92 Å². The van der Waals surface area contributed by atoms with Crippen LogP contribution >= 0.6 is 0 Å². The molecule has 0 aliphatic carbocycles. The van der Waals surface area contributed by atoms with E-state index in [9.17, 15) is 33.6 Å². The van der Waals surface area contributed by atoms with Crippen LogP contribution in [0.15, 0.2) is 65.7 Å². The Hall–Kier alpha value is -6.08. The third kappa shape index (κ3) is 19.3. The van der Waals surface area contributed by atoms with Crippen LogP contribution in [0.3, 0.4) is 0 Å². The first kappa shape index (κ1) is 49.1. The highest BCUT2D eigenvalue weighted by Gasteiger charge is 2.33. The SMILES string of the molecule is CC(C)C[C@H](NC(=O)[C@H](Cc1ccccc1)NC(=O)[C@H](CC(N)=O)NC(=O)[C@@H](N)CCCCN)C(=O)N[C@@H](CCCN=C(N)N)C(=O)N[C@@H](Cc1ccccc1)C(N)=O. The van der Waals surface area contributed by atoms with Gasteiger partial charge in [-0.05, 0) is 55.7 Å². The molecule has 0 radical (unpaired) electrons. The fourth-order valence-corrected chi connectivity index (χ4v) is 6.03. The number of aliphatic imine (C=N–C) groups is 1.